The lowest BCUT2D eigenvalue weighted by atomic mass is 10.2. The molecule has 1 unspecified atom stereocenters. The van der Waals surface area contributed by atoms with Crippen LogP contribution in [0, 0.1) is 0 Å². The van der Waals surface area contributed by atoms with E-state index < -0.39 is 27.0 Å². The maximum Gasteiger partial charge on any atom is 0.391 e. The van der Waals surface area contributed by atoms with E-state index in [1.54, 1.807) is 6.07 Å². The van der Waals surface area contributed by atoms with Gasteiger partial charge in [0.1, 0.15) is 4.58 Å². The molecule has 2 rings (SSSR count). The summed E-state index contributed by atoms with van der Waals surface area (Å²) in [5, 5.41) is 0. The van der Waals surface area contributed by atoms with Crippen molar-refractivity contribution in [3.8, 4) is 0 Å². The quantitative estimate of drug-likeness (QED) is 0.573. The van der Waals surface area contributed by atoms with Crippen LogP contribution in [0.5, 0.6) is 0 Å². The van der Waals surface area contributed by atoms with Crippen LogP contribution in [0.4, 0.5) is 13.2 Å². The molecule has 0 saturated carbocycles. The number of ether oxygens (including phenoxy) is 1. The van der Waals surface area contributed by atoms with Crippen LogP contribution in [-0.4, -0.2) is 30.2 Å². The van der Waals surface area contributed by atoms with Gasteiger partial charge >= 0.3 is 6.18 Å². The van der Waals surface area contributed by atoms with Gasteiger partial charge in [-0.05, 0) is 29.9 Å². The summed E-state index contributed by atoms with van der Waals surface area (Å²) in [5.74, 6) is 0. The Morgan fingerprint density at radius 2 is 1.59 bits per heavy atom. The molecule has 146 valence electrons. The molecule has 0 heterocycles. The highest BCUT2D eigenvalue weighted by Gasteiger charge is 2.40. The number of thiocarbonyl (C=S) groups is 1. The van der Waals surface area contributed by atoms with Crippen molar-refractivity contribution < 1.29 is 26.3 Å². The van der Waals surface area contributed by atoms with Crippen molar-refractivity contribution in [1.82, 2.24) is 0 Å². The van der Waals surface area contributed by atoms with Crippen molar-refractivity contribution in [3.05, 3.63) is 66.2 Å². The topological polar surface area (TPSA) is 43.4 Å². The first kappa shape index (κ1) is 21.7. The molecule has 9 heteroatoms. The highest BCUT2D eigenvalue weighted by Crippen LogP contribution is 2.35. The number of benzene rings is 2. The predicted molar refractivity (Wildman–Crippen MR) is 104 cm³/mol. The van der Waals surface area contributed by atoms with Gasteiger partial charge in [-0.1, -0.05) is 60.3 Å². The van der Waals surface area contributed by atoms with Crippen molar-refractivity contribution in [3.63, 3.8) is 0 Å². The molecule has 0 radical (unpaired) electrons. The Hall–Kier alpha value is -1.58. The minimum Gasteiger partial charge on any atom is -0.478 e. The van der Waals surface area contributed by atoms with Crippen LogP contribution in [0.2, 0.25) is 0 Å². The molecule has 0 N–H and O–H groups in total. The summed E-state index contributed by atoms with van der Waals surface area (Å²) in [6, 6.07) is 16.4. The fourth-order valence-electron chi connectivity index (χ4n) is 2.20. The molecule has 2 aromatic rings. The maximum absolute atomic E-state index is 12.9. The molecule has 0 aliphatic heterocycles. The number of alkyl halides is 3. The highest BCUT2D eigenvalue weighted by molar-refractivity contribution is 8.28. The fraction of sp³-hybridized carbons (Fsp3) is 0.278. The van der Waals surface area contributed by atoms with Gasteiger partial charge in [0.25, 0.3) is 0 Å². The van der Waals surface area contributed by atoms with Gasteiger partial charge in [-0.3, -0.25) is 0 Å². The molecule has 0 amide bonds. The number of sulfone groups is 1. The zero-order valence-electron chi connectivity index (χ0n) is 14.1. The van der Waals surface area contributed by atoms with E-state index in [0.29, 0.717) is 18.2 Å². The average molecular weight is 435 g/mol. The van der Waals surface area contributed by atoms with E-state index in [0.717, 1.165) is 5.56 Å². The molecule has 0 saturated heterocycles. The minimum absolute atomic E-state index is 0.153. The van der Waals surface area contributed by atoms with Gasteiger partial charge in [-0.25, -0.2) is 8.42 Å². The fourth-order valence-corrected chi connectivity index (χ4v) is 5.81. The lowest BCUT2D eigenvalue weighted by Crippen LogP contribution is -2.27. The van der Waals surface area contributed by atoms with E-state index in [4.69, 9.17) is 17.0 Å². The highest BCUT2D eigenvalue weighted by atomic mass is 32.3. The summed E-state index contributed by atoms with van der Waals surface area (Å²) in [5.41, 5.74) is 0.981. The van der Waals surface area contributed by atoms with Gasteiger partial charge in [-0.15, -0.1) is 0 Å². The Morgan fingerprint density at radius 1 is 1.04 bits per heavy atom. The van der Waals surface area contributed by atoms with Crippen LogP contribution in [0.3, 0.4) is 0 Å². The van der Waals surface area contributed by atoms with E-state index in [1.807, 2.05) is 30.3 Å². The molecular formula is C18H17F3O3S3. The standard InChI is InChI=1S/C18H17F3O3S3/c19-18(20,21)13-16(27(22,23)15-9-5-2-6-10-15)26-17(25)24-12-11-14-7-3-1-4-8-14/h1-10,16H,11-13H2. The average Bonchev–Trinajstić information content (AvgIpc) is 2.61. The van der Waals surface area contributed by atoms with Crippen LogP contribution < -0.4 is 0 Å². The first-order valence-electron chi connectivity index (χ1n) is 7.91. The summed E-state index contributed by atoms with van der Waals surface area (Å²) in [4.78, 5) is -0.182. The van der Waals surface area contributed by atoms with E-state index in [2.05, 4.69) is 0 Å². The third kappa shape index (κ3) is 7.15. The van der Waals surface area contributed by atoms with Crippen LogP contribution in [-0.2, 0) is 21.0 Å². The Bertz CT molecular complexity index is 838. The molecule has 3 nitrogen and oxygen atoms in total. The second kappa shape index (κ2) is 9.57. The minimum atomic E-state index is -4.65. The van der Waals surface area contributed by atoms with E-state index in [9.17, 15) is 21.6 Å². The molecular weight excluding hydrogens is 417 g/mol. The molecule has 0 bridgehead atoms. The second-order valence-corrected chi connectivity index (χ2v) is 9.79. The Kier molecular flexibility index (Phi) is 7.69. The van der Waals surface area contributed by atoms with Crippen LogP contribution in [0.15, 0.2) is 65.6 Å². The molecule has 0 spiro atoms. The summed E-state index contributed by atoms with van der Waals surface area (Å²) < 4.78 is 67.2. The third-order valence-electron chi connectivity index (χ3n) is 3.50. The molecule has 1 atom stereocenters. The zero-order valence-corrected chi connectivity index (χ0v) is 16.5. The van der Waals surface area contributed by atoms with Gasteiger partial charge in [0.05, 0.1) is 17.9 Å². The molecule has 0 aromatic heterocycles. The smallest absolute Gasteiger partial charge is 0.391 e. The largest absolute Gasteiger partial charge is 0.478 e. The second-order valence-electron chi connectivity index (χ2n) is 5.56. The molecule has 27 heavy (non-hydrogen) atoms. The molecule has 0 fully saturated rings. The predicted octanol–water partition coefficient (Wildman–Crippen LogP) is 5.02. The third-order valence-corrected chi connectivity index (χ3v) is 7.48. The van der Waals surface area contributed by atoms with Gasteiger partial charge in [0.15, 0.2) is 9.84 Å². The van der Waals surface area contributed by atoms with Crippen LogP contribution >= 0.6 is 24.0 Å². The van der Waals surface area contributed by atoms with Crippen molar-refractivity contribution in [2.75, 3.05) is 6.61 Å². The molecule has 2 aromatic carbocycles. The number of halogens is 3. The summed E-state index contributed by atoms with van der Waals surface area (Å²) in [6.07, 6.45) is -5.66. The van der Waals surface area contributed by atoms with Crippen molar-refractivity contribution in [2.24, 2.45) is 0 Å². The molecule has 0 aliphatic carbocycles. The normalized spacial score (nSPS) is 13.1. The zero-order chi connectivity index (χ0) is 19.9. The Balaban J connectivity index is 2.04. The molecule has 0 aliphatic rings. The van der Waals surface area contributed by atoms with Gasteiger partial charge < -0.3 is 4.74 Å². The monoisotopic (exact) mass is 434 g/mol. The van der Waals surface area contributed by atoms with Crippen molar-refractivity contribution in [1.29, 1.82) is 0 Å². The number of hydrogen-bond acceptors (Lipinski definition) is 5. The van der Waals surface area contributed by atoms with E-state index in [1.165, 1.54) is 24.3 Å². The summed E-state index contributed by atoms with van der Waals surface area (Å²) in [6.45, 7) is 0.153. The first-order valence-corrected chi connectivity index (χ1v) is 10.7. The first-order chi connectivity index (χ1) is 12.7. The number of thioether (sulfide) groups is 1. The maximum atomic E-state index is 12.9. The Labute approximate surface area is 165 Å². The van der Waals surface area contributed by atoms with Gasteiger partial charge in [0, 0.05) is 6.42 Å². The summed E-state index contributed by atoms with van der Waals surface area (Å²) in [7, 11) is -4.23. The lowest BCUT2D eigenvalue weighted by Gasteiger charge is -2.19. The summed E-state index contributed by atoms with van der Waals surface area (Å²) >= 11 is 5.37. The Morgan fingerprint density at radius 3 is 2.15 bits per heavy atom. The number of rotatable bonds is 7. The SMILES string of the molecule is O=S(=O)(c1ccccc1)C(CC(F)(F)F)SC(=S)OCCc1ccccc1. The van der Waals surface area contributed by atoms with Crippen molar-refractivity contribution in [2.45, 2.75) is 28.5 Å². The van der Waals surface area contributed by atoms with E-state index in [-0.39, 0.29) is 15.9 Å². The lowest BCUT2D eigenvalue weighted by molar-refractivity contribution is -0.131. The van der Waals surface area contributed by atoms with Gasteiger partial charge in [0.2, 0.25) is 4.38 Å². The van der Waals surface area contributed by atoms with Crippen LogP contribution in [0.25, 0.3) is 0 Å². The van der Waals surface area contributed by atoms with Crippen molar-refractivity contribution >= 4 is 38.2 Å². The van der Waals surface area contributed by atoms with E-state index >= 15 is 0 Å². The van der Waals surface area contributed by atoms with Gasteiger partial charge in [-0.2, -0.15) is 13.2 Å². The van der Waals surface area contributed by atoms with Crippen LogP contribution in [0.1, 0.15) is 12.0 Å². The number of hydrogen-bond donors (Lipinski definition) is 0.